The molecule has 1 saturated heterocycles. The quantitative estimate of drug-likeness (QED) is 0.530. The summed E-state index contributed by atoms with van der Waals surface area (Å²) >= 11 is 1.64. The Balaban J connectivity index is 1.36. The third-order valence-corrected chi connectivity index (χ3v) is 7.81. The molecular formula is C28H29N3O3S. The Morgan fingerprint density at radius 3 is 2.54 bits per heavy atom. The second-order valence-electron chi connectivity index (χ2n) is 9.51. The Kier molecular flexibility index (Phi) is 6.43. The molecule has 2 aliphatic heterocycles. The molecular weight excluding hydrogens is 458 g/mol. The van der Waals surface area contributed by atoms with Gasteiger partial charge in [-0.3, -0.25) is 14.4 Å². The fourth-order valence-electron chi connectivity index (χ4n) is 4.98. The van der Waals surface area contributed by atoms with Crippen molar-refractivity contribution in [1.29, 1.82) is 0 Å². The van der Waals surface area contributed by atoms with Gasteiger partial charge in [0.25, 0.3) is 11.8 Å². The second-order valence-corrected chi connectivity index (χ2v) is 10.5. The molecule has 3 amide bonds. The van der Waals surface area contributed by atoms with Gasteiger partial charge < -0.3 is 15.1 Å². The zero-order valence-electron chi connectivity index (χ0n) is 19.9. The highest BCUT2D eigenvalue weighted by Gasteiger charge is 2.41. The first-order chi connectivity index (χ1) is 16.9. The first-order valence-corrected chi connectivity index (χ1v) is 13.0. The smallest absolute Gasteiger partial charge is 0.256 e. The van der Waals surface area contributed by atoms with Crippen LogP contribution in [0.5, 0.6) is 0 Å². The highest BCUT2D eigenvalue weighted by molar-refractivity contribution is 7.10. The molecule has 7 heteroatoms. The van der Waals surface area contributed by atoms with Crippen molar-refractivity contribution < 1.29 is 14.4 Å². The molecule has 2 aliphatic rings. The number of carbonyl (C=O) groups excluding carboxylic acids is 3. The number of nitrogens with zero attached hydrogens (tertiary/aromatic N) is 2. The largest absolute Gasteiger partial charge is 0.344 e. The first-order valence-electron chi connectivity index (χ1n) is 12.1. The van der Waals surface area contributed by atoms with Gasteiger partial charge >= 0.3 is 0 Å². The molecule has 1 fully saturated rings. The van der Waals surface area contributed by atoms with Crippen LogP contribution in [0.1, 0.15) is 63.9 Å². The Bertz CT molecular complexity index is 1240. The lowest BCUT2D eigenvalue weighted by atomic mass is 10.0. The molecule has 0 aliphatic carbocycles. The van der Waals surface area contributed by atoms with Crippen molar-refractivity contribution in [3.05, 3.63) is 87.6 Å². The van der Waals surface area contributed by atoms with Gasteiger partial charge in [-0.1, -0.05) is 44.2 Å². The monoisotopic (exact) mass is 487 g/mol. The summed E-state index contributed by atoms with van der Waals surface area (Å²) in [6.07, 6.45) is 1.53. The minimum Gasteiger partial charge on any atom is -0.344 e. The molecule has 1 aromatic heterocycles. The van der Waals surface area contributed by atoms with Crippen molar-refractivity contribution in [1.82, 2.24) is 10.2 Å². The maximum Gasteiger partial charge on any atom is 0.256 e. The van der Waals surface area contributed by atoms with Gasteiger partial charge in [-0.15, -0.1) is 11.3 Å². The maximum atomic E-state index is 13.5. The van der Waals surface area contributed by atoms with Crippen LogP contribution in [0.25, 0.3) is 0 Å². The van der Waals surface area contributed by atoms with Crippen LogP contribution in [0, 0.1) is 5.92 Å². The number of nitrogens with one attached hydrogen (secondary N) is 1. The number of carbonyl (C=O) groups is 3. The number of hydrogen-bond donors (Lipinski definition) is 1. The zero-order valence-corrected chi connectivity index (χ0v) is 20.8. The molecule has 2 aromatic carbocycles. The standard InChI is InChI=1S/C28H29N3O3S/c1-18(2)25(24-10-6-16-35-24)29-26(32)20-13-11-19(12-14-20)17-31-22-8-4-3-7-21(22)27(33)30-15-5-9-23(30)28(31)34/h3-4,6-8,10-14,16,18,23,25H,5,9,15,17H2,1-2H3,(H,29,32)/t23-,25-/m0/s1. The molecule has 3 aromatic rings. The summed E-state index contributed by atoms with van der Waals surface area (Å²) in [5.41, 5.74) is 2.70. The molecule has 0 spiro atoms. The van der Waals surface area contributed by atoms with Gasteiger partial charge in [-0.25, -0.2) is 0 Å². The van der Waals surface area contributed by atoms with Crippen LogP contribution in [0.15, 0.2) is 66.0 Å². The van der Waals surface area contributed by atoms with Gasteiger partial charge in [0.05, 0.1) is 23.8 Å². The minimum absolute atomic E-state index is 0.0414. The first kappa shape index (κ1) is 23.3. The number of para-hydroxylation sites is 1. The average Bonchev–Trinajstić information content (AvgIpc) is 3.56. The van der Waals surface area contributed by atoms with Gasteiger partial charge in [0, 0.05) is 17.0 Å². The van der Waals surface area contributed by atoms with Crippen molar-refractivity contribution >= 4 is 34.7 Å². The third-order valence-electron chi connectivity index (χ3n) is 6.85. The van der Waals surface area contributed by atoms with E-state index in [1.807, 2.05) is 47.8 Å². The van der Waals surface area contributed by atoms with Crippen LogP contribution in [-0.2, 0) is 11.3 Å². The van der Waals surface area contributed by atoms with Gasteiger partial charge in [0.1, 0.15) is 6.04 Å². The van der Waals surface area contributed by atoms with Crippen molar-refractivity contribution in [2.75, 3.05) is 11.4 Å². The summed E-state index contributed by atoms with van der Waals surface area (Å²) in [4.78, 5) is 44.1. The van der Waals surface area contributed by atoms with Crippen LogP contribution in [-0.4, -0.2) is 35.2 Å². The topological polar surface area (TPSA) is 69.7 Å². The van der Waals surface area contributed by atoms with Crippen LogP contribution < -0.4 is 10.2 Å². The van der Waals surface area contributed by atoms with Crippen LogP contribution in [0.3, 0.4) is 0 Å². The molecule has 5 rings (SSSR count). The summed E-state index contributed by atoms with van der Waals surface area (Å²) < 4.78 is 0. The molecule has 0 radical (unpaired) electrons. The Morgan fingerprint density at radius 1 is 1.06 bits per heavy atom. The Hall–Kier alpha value is -3.45. The number of rotatable bonds is 6. The molecule has 6 nitrogen and oxygen atoms in total. The predicted octanol–water partition coefficient (Wildman–Crippen LogP) is 5.03. The van der Waals surface area contributed by atoms with E-state index in [0.717, 1.165) is 16.9 Å². The summed E-state index contributed by atoms with van der Waals surface area (Å²) in [6.45, 7) is 5.16. The molecule has 0 saturated carbocycles. The summed E-state index contributed by atoms with van der Waals surface area (Å²) in [7, 11) is 0. The lowest BCUT2D eigenvalue weighted by molar-refractivity contribution is -0.122. The van der Waals surface area contributed by atoms with Gasteiger partial charge in [-0.2, -0.15) is 0 Å². The number of anilines is 1. The van der Waals surface area contributed by atoms with Crippen molar-refractivity contribution in [3.63, 3.8) is 0 Å². The number of benzene rings is 2. The van der Waals surface area contributed by atoms with E-state index in [0.29, 0.717) is 36.3 Å². The Labute approximate surface area is 209 Å². The lowest BCUT2D eigenvalue weighted by Crippen LogP contribution is -2.44. The van der Waals surface area contributed by atoms with E-state index in [2.05, 4.69) is 19.2 Å². The highest BCUT2D eigenvalue weighted by Crippen LogP contribution is 2.33. The predicted molar refractivity (Wildman–Crippen MR) is 137 cm³/mol. The summed E-state index contributed by atoms with van der Waals surface area (Å²) in [5.74, 6) is 0.0330. The lowest BCUT2D eigenvalue weighted by Gasteiger charge is -2.26. The van der Waals surface area contributed by atoms with E-state index in [4.69, 9.17) is 0 Å². The Morgan fingerprint density at radius 2 is 1.83 bits per heavy atom. The third kappa shape index (κ3) is 4.48. The molecule has 1 N–H and O–H groups in total. The van der Waals surface area contributed by atoms with Gasteiger partial charge in [0.15, 0.2) is 0 Å². The summed E-state index contributed by atoms with van der Waals surface area (Å²) in [6, 6.07) is 18.3. The SMILES string of the molecule is CC(C)[C@H](NC(=O)c1ccc(CN2C(=O)[C@@H]3CCCN3C(=O)c3ccccc32)cc1)c1cccs1. The average molecular weight is 488 g/mol. The van der Waals surface area contributed by atoms with Crippen LogP contribution in [0.2, 0.25) is 0 Å². The number of amides is 3. The molecule has 180 valence electrons. The van der Waals surface area contributed by atoms with Crippen molar-refractivity contribution in [3.8, 4) is 0 Å². The molecule has 0 bridgehead atoms. The van der Waals surface area contributed by atoms with Crippen LogP contribution in [0.4, 0.5) is 5.69 Å². The highest BCUT2D eigenvalue weighted by atomic mass is 32.1. The fourth-order valence-corrected chi connectivity index (χ4v) is 5.93. The molecule has 2 atom stereocenters. The number of thiophene rings is 1. The van der Waals surface area contributed by atoms with E-state index >= 15 is 0 Å². The van der Waals surface area contributed by atoms with E-state index in [1.165, 1.54) is 0 Å². The van der Waals surface area contributed by atoms with Gasteiger partial charge in [0.2, 0.25) is 5.91 Å². The maximum absolute atomic E-state index is 13.5. The second kappa shape index (κ2) is 9.66. The van der Waals surface area contributed by atoms with E-state index < -0.39 is 6.04 Å². The molecule has 35 heavy (non-hydrogen) atoms. The van der Waals surface area contributed by atoms with Crippen LogP contribution >= 0.6 is 11.3 Å². The van der Waals surface area contributed by atoms with E-state index in [-0.39, 0.29) is 29.7 Å². The minimum atomic E-state index is -0.412. The van der Waals surface area contributed by atoms with Gasteiger partial charge in [-0.05, 0) is 60.0 Å². The van der Waals surface area contributed by atoms with E-state index in [9.17, 15) is 14.4 Å². The number of hydrogen-bond acceptors (Lipinski definition) is 4. The van der Waals surface area contributed by atoms with Crippen molar-refractivity contribution in [2.45, 2.75) is 45.3 Å². The molecule has 0 unspecified atom stereocenters. The molecule has 3 heterocycles. The van der Waals surface area contributed by atoms with Crippen molar-refractivity contribution in [2.24, 2.45) is 5.92 Å². The summed E-state index contributed by atoms with van der Waals surface area (Å²) in [5, 5.41) is 5.18. The number of fused-ring (bicyclic) bond motifs is 2. The zero-order chi connectivity index (χ0) is 24.5. The van der Waals surface area contributed by atoms with E-state index in [1.54, 1.807) is 39.3 Å². The normalized spacial score (nSPS) is 18.3. The fraction of sp³-hybridized carbons (Fsp3) is 0.321.